The summed E-state index contributed by atoms with van der Waals surface area (Å²) in [6.07, 6.45) is 0. The van der Waals surface area contributed by atoms with Crippen molar-refractivity contribution in [1.82, 2.24) is 25.1 Å². The molecule has 3 aromatic rings. The number of nitrogens with zero attached hydrogens (tertiary/aromatic N) is 5. The predicted molar refractivity (Wildman–Crippen MR) is 115 cm³/mol. The van der Waals surface area contributed by atoms with Crippen molar-refractivity contribution in [1.29, 1.82) is 0 Å². The standard InChI is InChI=1S/C21H25N7O2/c1-14-5-8-17(9-6-14)23-20(29)13-27(4)21(30)12-22-18-10-7-15(2)19(11-18)28-16(3)24-25-26-28/h5-11,22H,12-13H2,1-4H3,(H,23,29). The fourth-order valence-corrected chi connectivity index (χ4v) is 2.86. The summed E-state index contributed by atoms with van der Waals surface area (Å²) >= 11 is 0. The van der Waals surface area contributed by atoms with E-state index in [1.54, 1.807) is 11.7 Å². The second kappa shape index (κ2) is 9.17. The molecular formula is C21H25N7O2. The number of likely N-dealkylation sites (N-methyl/N-ethyl adjacent to an activating group) is 1. The zero-order valence-corrected chi connectivity index (χ0v) is 17.5. The summed E-state index contributed by atoms with van der Waals surface area (Å²) < 4.78 is 1.64. The number of rotatable bonds is 7. The van der Waals surface area contributed by atoms with Gasteiger partial charge < -0.3 is 15.5 Å². The SMILES string of the molecule is Cc1ccc(NC(=O)CN(C)C(=O)CNc2ccc(C)c(-n3nnnc3C)c2)cc1. The third-order valence-electron chi connectivity index (χ3n) is 4.65. The second-order valence-electron chi connectivity index (χ2n) is 7.16. The van der Waals surface area contributed by atoms with Crippen molar-refractivity contribution >= 4 is 23.2 Å². The lowest BCUT2D eigenvalue weighted by Crippen LogP contribution is -2.38. The Labute approximate surface area is 175 Å². The molecule has 2 aromatic carbocycles. The van der Waals surface area contributed by atoms with E-state index in [2.05, 4.69) is 26.2 Å². The topological polar surface area (TPSA) is 105 Å². The van der Waals surface area contributed by atoms with Crippen LogP contribution in [0.25, 0.3) is 5.69 Å². The number of anilines is 2. The van der Waals surface area contributed by atoms with Crippen molar-refractivity contribution in [2.75, 3.05) is 30.8 Å². The van der Waals surface area contributed by atoms with E-state index in [-0.39, 0.29) is 24.9 Å². The fraction of sp³-hybridized carbons (Fsp3) is 0.286. The normalized spacial score (nSPS) is 10.5. The maximum Gasteiger partial charge on any atom is 0.243 e. The van der Waals surface area contributed by atoms with Gasteiger partial charge in [-0.15, -0.1) is 5.10 Å². The molecule has 1 heterocycles. The van der Waals surface area contributed by atoms with E-state index in [1.807, 2.05) is 63.2 Å². The van der Waals surface area contributed by atoms with Crippen LogP contribution in [0.3, 0.4) is 0 Å². The number of benzene rings is 2. The van der Waals surface area contributed by atoms with Crippen LogP contribution in [0.1, 0.15) is 17.0 Å². The van der Waals surface area contributed by atoms with E-state index >= 15 is 0 Å². The monoisotopic (exact) mass is 407 g/mol. The largest absolute Gasteiger partial charge is 0.376 e. The number of carbonyl (C=O) groups is 2. The van der Waals surface area contributed by atoms with E-state index in [0.717, 1.165) is 22.5 Å². The predicted octanol–water partition coefficient (Wildman–Crippen LogP) is 2.10. The van der Waals surface area contributed by atoms with Crippen LogP contribution in [0.5, 0.6) is 0 Å². The van der Waals surface area contributed by atoms with Gasteiger partial charge in [0.05, 0.1) is 18.8 Å². The van der Waals surface area contributed by atoms with E-state index in [1.165, 1.54) is 4.90 Å². The second-order valence-corrected chi connectivity index (χ2v) is 7.16. The molecule has 0 spiro atoms. The molecule has 0 aliphatic heterocycles. The van der Waals surface area contributed by atoms with Gasteiger partial charge in [0.1, 0.15) is 0 Å². The van der Waals surface area contributed by atoms with Crippen LogP contribution in [-0.2, 0) is 9.59 Å². The highest BCUT2D eigenvalue weighted by molar-refractivity contribution is 5.95. The van der Waals surface area contributed by atoms with Crippen molar-refractivity contribution in [3.8, 4) is 5.69 Å². The first-order valence-corrected chi connectivity index (χ1v) is 9.54. The summed E-state index contributed by atoms with van der Waals surface area (Å²) in [7, 11) is 1.60. The minimum absolute atomic E-state index is 0.0304. The first kappa shape index (κ1) is 21.0. The third-order valence-corrected chi connectivity index (χ3v) is 4.65. The molecule has 2 N–H and O–H groups in total. The summed E-state index contributed by atoms with van der Waals surface area (Å²) in [5, 5.41) is 17.5. The molecule has 30 heavy (non-hydrogen) atoms. The molecule has 2 amide bonds. The Kier molecular flexibility index (Phi) is 6.41. The molecule has 0 unspecified atom stereocenters. The summed E-state index contributed by atoms with van der Waals surface area (Å²) in [6, 6.07) is 13.2. The Morgan fingerprint density at radius 2 is 1.73 bits per heavy atom. The van der Waals surface area contributed by atoms with Gasteiger partial charge in [-0.3, -0.25) is 9.59 Å². The average molecular weight is 407 g/mol. The number of tetrazole rings is 1. The lowest BCUT2D eigenvalue weighted by molar-refractivity contribution is -0.131. The van der Waals surface area contributed by atoms with Gasteiger partial charge in [0.25, 0.3) is 0 Å². The van der Waals surface area contributed by atoms with Gasteiger partial charge in [0.15, 0.2) is 5.82 Å². The minimum Gasteiger partial charge on any atom is -0.376 e. The number of nitrogens with one attached hydrogen (secondary N) is 2. The number of hydrogen-bond donors (Lipinski definition) is 2. The van der Waals surface area contributed by atoms with E-state index in [9.17, 15) is 9.59 Å². The molecule has 0 bridgehead atoms. The lowest BCUT2D eigenvalue weighted by atomic mass is 10.2. The lowest BCUT2D eigenvalue weighted by Gasteiger charge is -2.18. The molecule has 3 rings (SSSR count). The molecule has 9 heteroatoms. The number of hydrogen-bond acceptors (Lipinski definition) is 6. The summed E-state index contributed by atoms with van der Waals surface area (Å²) in [5.74, 6) is 0.224. The first-order chi connectivity index (χ1) is 14.3. The van der Waals surface area contributed by atoms with E-state index < -0.39 is 0 Å². The Morgan fingerprint density at radius 1 is 1.03 bits per heavy atom. The highest BCUT2D eigenvalue weighted by Crippen LogP contribution is 2.19. The summed E-state index contributed by atoms with van der Waals surface area (Å²) in [4.78, 5) is 26.0. The third kappa shape index (κ3) is 5.19. The molecular weight excluding hydrogens is 382 g/mol. The molecule has 0 saturated heterocycles. The maximum atomic E-state index is 12.4. The van der Waals surface area contributed by atoms with Gasteiger partial charge >= 0.3 is 0 Å². The van der Waals surface area contributed by atoms with Gasteiger partial charge in [-0.2, -0.15) is 4.68 Å². The smallest absolute Gasteiger partial charge is 0.243 e. The van der Waals surface area contributed by atoms with Crippen molar-refractivity contribution in [3.05, 3.63) is 59.4 Å². The summed E-state index contributed by atoms with van der Waals surface area (Å²) in [6.45, 7) is 5.79. The molecule has 0 aliphatic rings. The Hall–Kier alpha value is -3.75. The van der Waals surface area contributed by atoms with Crippen LogP contribution in [0.15, 0.2) is 42.5 Å². The van der Waals surface area contributed by atoms with Crippen molar-refractivity contribution in [3.63, 3.8) is 0 Å². The van der Waals surface area contributed by atoms with Crippen LogP contribution in [0.2, 0.25) is 0 Å². The molecule has 0 radical (unpaired) electrons. The number of amides is 2. The number of aromatic nitrogens is 4. The van der Waals surface area contributed by atoms with Crippen LogP contribution >= 0.6 is 0 Å². The number of carbonyl (C=O) groups excluding carboxylic acids is 2. The van der Waals surface area contributed by atoms with Crippen LogP contribution < -0.4 is 10.6 Å². The molecule has 1 aromatic heterocycles. The maximum absolute atomic E-state index is 12.4. The van der Waals surface area contributed by atoms with Crippen molar-refractivity contribution in [2.45, 2.75) is 20.8 Å². The fourth-order valence-electron chi connectivity index (χ4n) is 2.86. The Bertz CT molecular complexity index is 1040. The molecule has 9 nitrogen and oxygen atoms in total. The van der Waals surface area contributed by atoms with Gasteiger partial charge in [0, 0.05) is 18.4 Å². The van der Waals surface area contributed by atoms with Gasteiger partial charge in [0.2, 0.25) is 11.8 Å². The molecule has 0 atom stereocenters. The van der Waals surface area contributed by atoms with Crippen LogP contribution in [0.4, 0.5) is 11.4 Å². The number of aryl methyl sites for hydroxylation is 3. The van der Waals surface area contributed by atoms with E-state index in [0.29, 0.717) is 11.5 Å². The zero-order valence-electron chi connectivity index (χ0n) is 17.5. The molecule has 0 saturated carbocycles. The van der Waals surface area contributed by atoms with Gasteiger partial charge in [-0.25, -0.2) is 0 Å². The van der Waals surface area contributed by atoms with Crippen LogP contribution in [-0.4, -0.2) is 57.1 Å². The zero-order chi connectivity index (χ0) is 21.7. The molecule has 0 fully saturated rings. The van der Waals surface area contributed by atoms with Gasteiger partial charge in [-0.05, 0) is 61.0 Å². The molecule has 0 aliphatic carbocycles. The minimum atomic E-state index is -0.249. The molecule has 156 valence electrons. The summed E-state index contributed by atoms with van der Waals surface area (Å²) in [5.41, 5.74) is 4.42. The highest BCUT2D eigenvalue weighted by atomic mass is 16.2. The van der Waals surface area contributed by atoms with Crippen molar-refractivity contribution in [2.24, 2.45) is 0 Å². The average Bonchev–Trinajstić information content (AvgIpc) is 3.14. The Morgan fingerprint density at radius 3 is 2.40 bits per heavy atom. The van der Waals surface area contributed by atoms with Crippen molar-refractivity contribution < 1.29 is 9.59 Å². The van der Waals surface area contributed by atoms with Gasteiger partial charge in [-0.1, -0.05) is 23.8 Å². The quantitative estimate of drug-likeness (QED) is 0.621. The first-order valence-electron chi connectivity index (χ1n) is 9.54. The highest BCUT2D eigenvalue weighted by Gasteiger charge is 2.14. The Balaban J connectivity index is 1.55. The van der Waals surface area contributed by atoms with E-state index in [4.69, 9.17) is 0 Å². The van der Waals surface area contributed by atoms with Crippen LogP contribution in [0, 0.1) is 20.8 Å².